The van der Waals surface area contributed by atoms with Crippen LogP contribution in [0.2, 0.25) is 0 Å². The van der Waals surface area contributed by atoms with E-state index in [9.17, 15) is 0 Å². The quantitative estimate of drug-likeness (QED) is 0.164. The van der Waals surface area contributed by atoms with Gasteiger partial charge in [-0.15, -0.1) is 0 Å². The van der Waals surface area contributed by atoms with Gasteiger partial charge in [-0.25, -0.2) is 0 Å². The Morgan fingerprint density at radius 2 is 0.696 bits per heavy atom. The number of allylic oxidation sites excluding steroid dienone is 4. The Bertz CT molecular complexity index is 2190. The van der Waals surface area contributed by atoms with Gasteiger partial charge in [0, 0.05) is 0 Å². The third-order valence-corrected chi connectivity index (χ3v) is 25.2. The van der Waals surface area contributed by atoms with Crippen LogP contribution >= 0.6 is 0 Å². The summed E-state index contributed by atoms with van der Waals surface area (Å²) in [6, 6.07) is 48.4. The van der Waals surface area contributed by atoms with Crippen LogP contribution in [0, 0.1) is 47.5 Å². The first-order valence-corrected chi connectivity index (χ1v) is 24.2. The summed E-state index contributed by atoms with van der Waals surface area (Å²) in [7, 11) is 0. The van der Waals surface area contributed by atoms with Gasteiger partial charge in [0.15, 0.2) is 0 Å². The minimum Gasteiger partial charge on any atom is -1.00 e. The maximum atomic E-state index is 2.64. The van der Waals surface area contributed by atoms with E-state index in [2.05, 4.69) is 197 Å². The fourth-order valence-electron chi connectivity index (χ4n) is 8.54. The third-order valence-electron chi connectivity index (χ3n) is 12.5. The van der Waals surface area contributed by atoms with Crippen LogP contribution in [0.1, 0.15) is 61.1 Å². The summed E-state index contributed by atoms with van der Waals surface area (Å²) in [4.78, 5) is 0. The molecule has 5 heteroatoms. The molecule has 0 aliphatic heterocycles. The van der Waals surface area contributed by atoms with Gasteiger partial charge in [0.05, 0.1) is 0 Å². The van der Waals surface area contributed by atoms with Crippen LogP contribution < -0.4 is 52.8 Å². The third kappa shape index (κ3) is 8.15. The molecule has 0 saturated heterocycles. The molecule has 0 radical (unpaired) electrons. The SMILES string of the molecule is CC1=C(C)C(C)[C]([Ti+3][Si](c2cc(-c3ccccc3)cc(C)c2C)(c2cc(-c3ccccc3)cc(C)c2C)c2cc(-c3ccccc3)cc(C)c2C)=C1C.[Cl-].[Cl-].[Cl-]. The molecule has 1 aliphatic rings. The van der Waals surface area contributed by atoms with Crippen LogP contribution in [-0.2, 0) is 18.4 Å². The van der Waals surface area contributed by atoms with Crippen molar-refractivity contribution in [3.8, 4) is 33.4 Å². The van der Waals surface area contributed by atoms with Crippen molar-refractivity contribution >= 4 is 21.5 Å². The Morgan fingerprint density at radius 1 is 0.393 bits per heavy atom. The van der Waals surface area contributed by atoms with Crippen molar-refractivity contribution in [1.29, 1.82) is 0 Å². The first kappa shape index (κ1) is 45.3. The largest absolute Gasteiger partial charge is 1.00 e. The minimum atomic E-state index is -2.81. The van der Waals surface area contributed by atoms with E-state index in [1.165, 1.54) is 72.3 Å². The fraction of sp³-hybridized carbons (Fsp3) is 0.216. The monoisotopic (exact) mass is 845 g/mol. The molecule has 1 atom stereocenters. The molecule has 0 heterocycles. The van der Waals surface area contributed by atoms with Crippen molar-refractivity contribution in [2.24, 2.45) is 5.92 Å². The molecule has 0 bridgehead atoms. The van der Waals surface area contributed by atoms with E-state index < -0.39 is 24.3 Å². The second kappa shape index (κ2) is 18.5. The van der Waals surface area contributed by atoms with E-state index in [-0.39, 0.29) is 37.2 Å². The summed E-state index contributed by atoms with van der Waals surface area (Å²) in [6.07, 6.45) is 0. The summed E-state index contributed by atoms with van der Waals surface area (Å²) < 4.78 is 1.73. The molecule has 285 valence electrons. The average molecular weight is 847 g/mol. The van der Waals surface area contributed by atoms with Gasteiger partial charge in [-0.05, 0) is 0 Å². The van der Waals surface area contributed by atoms with E-state index in [0.717, 1.165) is 0 Å². The zero-order chi connectivity index (χ0) is 37.6. The van der Waals surface area contributed by atoms with Crippen LogP contribution in [0.3, 0.4) is 0 Å². The Kier molecular flexibility index (Phi) is 14.9. The average Bonchev–Trinajstić information content (AvgIpc) is 3.35. The van der Waals surface area contributed by atoms with Crippen molar-refractivity contribution in [3.05, 3.63) is 181 Å². The smallest absolute Gasteiger partial charge is 1.00 e. The Balaban J connectivity index is 0.00000232. The molecule has 0 amide bonds. The van der Waals surface area contributed by atoms with Crippen molar-refractivity contribution in [2.45, 2.75) is 69.2 Å². The molecule has 6 aromatic rings. The van der Waals surface area contributed by atoms with E-state index >= 15 is 0 Å². The van der Waals surface area contributed by atoms with Crippen molar-refractivity contribution in [3.63, 3.8) is 0 Å². The molecule has 0 saturated carbocycles. The maximum Gasteiger partial charge on any atom is -1.00 e. The van der Waals surface area contributed by atoms with Crippen LogP contribution in [0.15, 0.2) is 148 Å². The molecule has 0 aromatic heterocycles. The summed E-state index contributed by atoms with van der Waals surface area (Å²) in [5.74, 6) is -2.36. The number of benzene rings is 6. The number of aryl methyl sites for hydroxylation is 3. The zero-order valence-electron chi connectivity index (χ0n) is 34.3. The van der Waals surface area contributed by atoms with Gasteiger partial charge in [0.25, 0.3) is 0 Å². The van der Waals surface area contributed by atoms with Crippen LogP contribution in [0.5, 0.6) is 0 Å². The zero-order valence-corrected chi connectivity index (χ0v) is 39.2. The van der Waals surface area contributed by atoms with Gasteiger partial charge in [-0.1, -0.05) is 0 Å². The number of hydrogen-bond acceptors (Lipinski definition) is 0. The minimum absolute atomic E-state index is 0. The van der Waals surface area contributed by atoms with Crippen LogP contribution in [0.4, 0.5) is 0 Å². The van der Waals surface area contributed by atoms with Crippen molar-refractivity contribution < 1.29 is 55.6 Å². The second-order valence-corrected chi connectivity index (χ2v) is 24.3. The molecule has 6 aromatic carbocycles. The summed E-state index contributed by atoms with van der Waals surface area (Å²) in [5.41, 5.74) is 20.9. The first-order chi connectivity index (χ1) is 25.4. The number of hydrogen-bond donors (Lipinski definition) is 0. The van der Waals surface area contributed by atoms with Gasteiger partial charge < -0.3 is 37.2 Å². The predicted molar refractivity (Wildman–Crippen MR) is 229 cm³/mol. The topological polar surface area (TPSA) is 0 Å². The van der Waals surface area contributed by atoms with Crippen molar-refractivity contribution in [2.75, 3.05) is 0 Å². The first-order valence-electron chi connectivity index (χ1n) is 19.1. The normalized spacial score (nSPS) is 13.8. The standard InChI is InChI=1S/C42H39Si.C9H13.3ClH.Ti/c1-28-22-37(34-16-10-7-11-17-34)25-40(31(28)4)43(41-26-38(23-29(2)32(41)5)35-18-12-8-13-19-35)42-27-39(24-30(3)33(42)6)36-20-14-9-15-21-36;1-6-5-7(2)9(4)8(6)3;;;;/h7-27H,1-6H3;6H,1-4H3;3*1H;/q;;;;;+3/p-3. The molecule has 0 spiro atoms. The summed E-state index contributed by atoms with van der Waals surface area (Å²) >= 11 is -0.780. The molecule has 7 rings (SSSR count). The summed E-state index contributed by atoms with van der Waals surface area (Å²) in [6.45, 7) is 24.0. The molecule has 56 heavy (non-hydrogen) atoms. The van der Waals surface area contributed by atoms with Gasteiger partial charge in [0.2, 0.25) is 0 Å². The van der Waals surface area contributed by atoms with E-state index in [0.29, 0.717) is 5.92 Å². The molecular formula is C51H52Cl3SiTi. The van der Waals surface area contributed by atoms with Crippen LogP contribution in [0.25, 0.3) is 33.4 Å². The van der Waals surface area contributed by atoms with E-state index in [4.69, 9.17) is 0 Å². The van der Waals surface area contributed by atoms with Crippen LogP contribution in [-0.4, -0.2) is 5.94 Å². The molecule has 1 unspecified atom stereocenters. The maximum absolute atomic E-state index is 2.81. The van der Waals surface area contributed by atoms with E-state index in [1.54, 1.807) is 30.6 Å². The van der Waals surface area contributed by atoms with Crippen molar-refractivity contribution in [1.82, 2.24) is 0 Å². The number of rotatable bonds is 8. The van der Waals surface area contributed by atoms with E-state index in [1.807, 2.05) is 0 Å². The Labute approximate surface area is 364 Å². The molecule has 0 fully saturated rings. The Morgan fingerprint density at radius 3 is 0.964 bits per heavy atom. The predicted octanol–water partition coefficient (Wildman–Crippen LogP) is 2.86. The van der Waals surface area contributed by atoms with Gasteiger partial charge in [-0.3, -0.25) is 0 Å². The fourth-order valence-corrected chi connectivity index (χ4v) is 24.0. The van der Waals surface area contributed by atoms with Gasteiger partial charge in [-0.2, -0.15) is 0 Å². The molecule has 1 aliphatic carbocycles. The summed E-state index contributed by atoms with van der Waals surface area (Å²) in [5, 5.41) is 4.77. The second-order valence-electron chi connectivity index (χ2n) is 15.4. The molecular weight excluding hydrogens is 795 g/mol. The molecule has 0 nitrogen and oxygen atoms in total. The number of halogens is 3. The van der Waals surface area contributed by atoms with Gasteiger partial charge >= 0.3 is 330 Å². The molecule has 0 N–H and O–H groups in total. The Hall–Kier alpha value is -3.40. The van der Waals surface area contributed by atoms with Gasteiger partial charge in [0.1, 0.15) is 0 Å².